The highest BCUT2D eigenvalue weighted by molar-refractivity contribution is 5.81. The molecule has 1 aromatic rings. The van der Waals surface area contributed by atoms with Gasteiger partial charge in [-0.2, -0.15) is 0 Å². The lowest BCUT2D eigenvalue weighted by molar-refractivity contribution is -0.139. The Morgan fingerprint density at radius 2 is 2.19 bits per heavy atom. The number of piperidine rings is 1. The second kappa shape index (κ2) is 7.41. The van der Waals surface area contributed by atoms with Crippen LogP contribution in [0.25, 0.3) is 0 Å². The average Bonchev–Trinajstić information content (AvgIpc) is 2.47. The first-order valence-corrected chi connectivity index (χ1v) is 7.45. The van der Waals surface area contributed by atoms with Crippen molar-refractivity contribution in [2.24, 2.45) is 5.92 Å². The van der Waals surface area contributed by atoms with Crippen LogP contribution in [0.15, 0.2) is 24.3 Å². The van der Waals surface area contributed by atoms with Crippen molar-refractivity contribution in [3.05, 3.63) is 30.1 Å². The summed E-state index contributed by atoms with van der Waals surface area (Å²) in [7, 11) is 1.95. The molecule has 0 aromatic heterocycles. The monoisotopic (exact) mass is 294 g/mol. The van der Waals surface area contributed by atoms with E-state index in [4.69, 9.17) is 4.74 Å². The third-order valence-corrected chi connectivity index (χ3v) is 3.88. The Labute approximate surface area is 125 Å². The number of amides is 1. The number of carbonyl (C=O) groups excluding carboxylic acids is 1. The van der Waals surface area contributed by atoms with Crippen LogP contribution in [-0.2, 0) is 4.79 Å². The van der Waals surface area contributed by atoms with Gasteiger partial charge in [0.25, 0.3) is 5.91 Å². The molecule has 1 fully saturated rings. The highest BCUT2D eigenvalue weighted by Gasteiger charge is 2.26. The van der Waals surface area contributed by atoms with E-state index in [1.807, 2.05) is 11.9 Å². The molecule has 0 spiro atoms. The van der Waals surface area contributed by atoms with Crippen LogP contribution in [0.4, 0.5) is 4.39 Å². The summed E-state index contributed by atoms with van der Waals surface area (Å²) in [6, 6.07) is 5.88. The van der Waals surface area contributed by atoms with E-state index in [-0.39, 0.29) is 11.7 Å². The number of hydrogen-bond acceptors (Lipinski definition) is 3. The predicted octanol–water partition coefficient (Wildman–Crippen LogP) is 2.05. The minimum Gasteiger partial charge on any atom is -0.481 e. The van der Waals surface area contributed by atoms with Gasteiger partial charge in [0.05, 0.1) is 0 Å². The van der Waals surface area contributed by atoms with E-state index in [0.717, 1.165) is 32.5 Å². The van der Waals surface area contributed by atoms with Gasteiger partial charge in [-0.1, -0.05) is 6.07 Å². The second-order valence-electron chi connectivity index (χ2n) is 5.54. The van der Waals surface area contributed by atoms with Crippen LogP contribution in [-0.4, -0.2) is 43.6 Å². The van der Waals surface area contributed by atoms with Gasteiger partial charge < -0.3 is 15.0 Å². The molecule has 4 nitrogen and oxygen atoms in total. The molecule has 0 saturated carbocycles. The Balaban J connectivity index is 1.85. The number of rotatable bonds is 5. The van der Waals surface area contributed by atoms with Crippen molar-refractivity contribution in [2.45, 2.75) is 25.9 Å². The second-order valence-corrected chi connectivity index (χ2v) is 5.54. The summed E-state index contributed by atoms with van der Waals surface area (Å²) in [4.78, 5) is 14.2. The van der Waals surface area contributed by atoms with Crippen LogP contribution in [0.1, 0.15) is 19.8 Å². The molecule has 1 N–H and O–H groups in total. The number of carbonyl (C=O) groups is 1. The zero-order valence-electron chi connectivity index (χ0n) is 12.6. The molecule has 1 heterocycles. The third-order valence-electron chi connectivity index (χ3n) is 3.88. The van der Waals surface area contributed by atoms with Gasteiger partial charge in [-0.15, -0.1) is 0 Å². The van der Waals surface area contributed by atoms with Crippen LogP contribution in [0.2, 0.25) is 0 Å². The van der Waals surface area contributed by atoms with E-state index < -0.39 is 6.10 Å². The molecule has 1 saturated heterocycles. The zero-order chi connectivity index (χ0) is 15.2. The van der Waals surface area contributed by atoms with Gasteiger partial charge >= 0.3 is 0 Å². The summed E-state index contributed by atoms with van der Waals surface area (Å²) in [5, 5.41) is 3.18. The van der Waals surface area contributed by atoms with Crippen molar-refractivity contribution in [1.82, 2.24) is 10.2 Å². The predicted molar refractivity (Wildman–Crippen MR) is 79.7 cm³/mol. The fourth-order valence-electron chi connectivity index (χ4n) is 2.70. The molecule has 0 aliphatic carbocycles. The van der Waals surface area contributed by atoms with Gasteiger partial charge in [-0.05, 0) is 51.4 Å². The zero-order valence-corrected chi connectivity index (χ0v) is 12.6. The number of ether oxygens (including phenoxy) is 1. The SMILES string of the molecule is CNCC1CCN(C(=O)C(C)Oc2cccc(F)c2)CC1. The number of likely N-dealkylation sites (tertiary alicyclic amines) is 1. The lowest BCUT2D eigenvalue weighted by atomic mass is 9.96. The molecule has 1 atom stereocenters. The van der Waals surface area contributed by atoms with Gasteiger partial charge in [0.1, 0.15) is 11.6 Å². The fourth-order valence-corrected chi connectivity index (χ4v) is 2.70. The quantitative estimate of drug-likeness (QED) is 0.903. The van der Waals surface area contributed by atoms with Gasteiger partial charge in [0.2, 0.25) is 0 Å². The van der Waals surface area contributed by atoms with E-state index in [1.54, 1.807) is 19.1 Å². The van der Waals surface area contributed by atoms with Crippen LogP contribution in [0.3, 0.4) is 0 Å². The van der Waals surface area contributed by atoms with Crippen molar-refractivity contribution in [3.8, 4) is 5.75 Å². The molecule has 1 aliphatic rings. The van der Waals surface area contributed by atoms with Crippen molar-refractivity contribution in [3.63, 3.8) is 0 Å². The normalized spacial score (nSPS) is 17.6. The van der Waals surface area contributed by atoms with Gasteiger partial charge in [-0.25, -0.2) is 4.39 Å². The summed E-state index contributed by atoms with van der Waals surface area (Å²) in [6.45, 7) is 4.24. The number of halogens is 1. The first kappa shape index (κ1) is 15.8. The molecule has 0 radical (unpaired) electrons. The first-order valence-electron chi connectivity index (χ1n) is 7.45. The number of hydrogen-bond donors (Lipinski definition) is 1. The van der Waals surface area contributed by atoms with Crippen LogP contribution < -0.4 is 10.1 Å². The molecular weight excluding hydrogens is 271 g/mol. The van der Waals surface area contributed by atoms with Crippen LogP contribution >= 0.6 is 0 Å². The lowest BCUT2D eigenvalue weighted by Gasteiger charge is -2.33. The van der Waals surface area contributed by atoms with Gasteiger partial charge in [0, 0.05) is 19.2 Å². The number of nitrogens with one attached hydrogen (secondary N) is 1. The number of nitrogens with zero attached hydrogens (tertiary/aromatic N) is 1. The van der Waals surface area contributed by atoms with E-state index in [2.05, 4.69) is 5.32 Å². The first-order chi connectivity index (χ1) is 10.1. The summed E-state index contributed by atoms with van der Waals surface area (Å²) in [6.07, 6.45) is 1.44. The largest absolute Gasteiger partial charge is 0.481 e. The van der Waals surface area contributed by atoms with Crippen molar-refractivity contribution >= 4 is 5.91 Å². The Bertz CT molecular complexity index is 473. The van der Waals surface area contributed by atoms with Crippen molar-refractivity contribution in [1.29, 1.82) is 0 Å². The van der Waals surface area contributed by atoms with Gasteiger partial charge in [0.15, 0.2) is 6.10 Å². The maximum atomic E-state index is 13.1. The minimum absolute atomic E-state index is 0.0258. The van der Waals surface area contributed by atoms with E-state index in [0.29, 0.717) is 11.7 Å². The van der Waals surface area contributed by atoms with E-state index in [1.165, 1.54) is 12.1 Å². The fraction of sp³-hybridized carbons (Fsp3) is 0.562. The molecule has 116 valence electrons. The average molecular weight is 294 g/mol. The Hall–Kier alpha value is -1.62. The number of benzene rings is 1. The van der Waals surface area contributed by atoms with Crippen LogP contribution in [0.5, 0.6) is 5.75 Å². The Morgan fingerprint density at radius 3 is 2.81 bits per heavy atom. The van der Waals surface area contributed by atoms with Crippen molar-refractivity contribution < 1.29 is 13.9 Å². The maximum absolute atomic E-state index is 13.1. The standard InChI is InChI=1S/C16H23FN2O2/c1-12(21-15-5-3-4-14(17)10-15)16(20)19-8-6-13(7-9-19)11-18-2/h3-5,10,12-13,18H,6-9,11H2,1-2H3. The van der Waals surface area contributed by atoms with E-state index in [9.17, 15) is 9.18 Å². The summed E-state index contributed by atoms with van der Waals surface area (Å²) in [5.41, 5.74) is 0. The highest BCUT2D eigenvalue weighted by Crippen LogP contribution is 2.19. The summed E-state index contributed by atoms with van der Waals surface area (Å²) in [5.74, 6) is 0.640. The molecule has 1 aliphatic heterocycles. The Kier molecular flexibility index (Phi) is 5.56. The molecule has 1 amide bonds. The molecule has 0 bridgehead atoms. The topological polar surface area (TPSA) is 41.6 Å². The summed E-state index contributed by atoms with van der Waals surface area (Å²) >= 11 is 0. The smallest absolute Gasteiger partial charge is 0.263 e. The Morgan fingerprint density at radius 1 is 1.48 bits per heavy atom. The third kappa shape index (κ3) is 4.43. The van der Waals surface area contributed by atoms with Crippen LogP contribution in [0, 0.1) is 11.7 Å². The lowest BCUT2D eigenvalue weighted by Crippen LogP contribution is -2.45. The molecule has 5 heteroatoms. The molecule has 1 aromatic carbocycles. The summed E-state index contributed by atoms with van der Waals surface area (Å²) < 4.78 is 18.6. The van der Waals surface area contributed by atoms with E-state index >= 15 is 0 Å². The molecule has 2 rings (SSSR count). The van der Waals surface area contributed by atoms with Gasteiger partial charge in [-0.3, -0.25) is 4.79 Å². The molecule has 21 heavy (non-hydrogen) atoms. The minimum atomic E-state index is -0.590. The van der Waals surface area contributed by atoms with Crippen molar-refractivity contribution in [2.75, 3.05) is 26.7 Å². The molecule has 1 unspecified atom stereocenters. The maximum Gasteiger partial charge on any atom is 0.263 e. The molecular formula is C16H23FN2O2. The highest BCUT2D eigenvalue weighted by atomic mass is 19.1.